The Morgan fingerprint density at radius 1 is 0.745 bits per heavy atom. The van der Waals surface area contributed by atoms with Crippen LogP contribution in [0.3, 0.4) is 0 Å². The van der Waals surface area contributed by atoms with E-state index in [1.54, 1.807) is 48.5 Å². The summed E-state index contributed by atoms with van der Waals surface area (Å²) in [5.74, 6) is -0.614. The van der Waals surface area contributed by atoms with Gasteiger partial charge in [0.25, 0.3) is 0 Å². The highest BCUT2D eigenvalue weighted by Crippen LogP contribution is 2.76. The van der Waals surface area contributed by atoms with Crippen molar-refractivity contribution < 1.29 is 33.8 Å². The van der Waals surface area contributed by atoms with Gasteiger partial charge in [0.2, 0.25) is 0 Å². The number of fused-ring (bicyclic) bond motifs is 5. The van der Waals surface area contributed by atoms with Crippen molar-refractivity contribution in [3.63, 3.8) is 0 Å². The van der Waals surface area contributed by atoms with Crippen molar-refractivity contribution in [1.82, 2.24) is 0 Å². The first-order chi connectivity index (χ1) is 25.7. The first-order valence-corrected chi connectivity index (χ1v) is 20.7. The minimum atomic E-state index is -0.939. The quantitative estimate of drug-likeness (QED) is 0.146. The Morgan fingerprint density at radius 3 is 1.85 bits per heavy atom. The van der Waals surface area contributed by atoms with Crippen molar-refractivity contribution >= 4 is 23.5 Å². The van der Waals surface area contributed by atoms with Crippen LogP contribution in [0.25, 0.3) is 0 Å². The molecule has 0 saturated heterocycles. The third kappa shape index (κ3) is 7.17. The molecule has 4 aliphatic rings. The monoisotopic (exact) mass is 752 g/mol. The van der Waals surface area contributed by atoms with E-state index in [-0.39, 0.29) is 63.0 Å². The zero-order valence-electron chi connectivity index (χ0n) is 34.9. The summed E-state index contributed by atoms with van der Waals surface area (Å²) in [7, 11) is 0. The molecule has 10 atom stereocenters. The van der Waals surface area contributed by atoms with E-state index in [0.29, 0.717) is 35.1 Å². The molecule has 0 heterocycles. The van der Waals surface area contributed by atoms with Gasteiger partial charge >= 0.3 is 11.9 Å². The highest BCUT2D eigenvalue weighted by atomic mass is 16.5. The van der Waals surface area contributed by atoms with Gasteiger partial charge in [0, 0.05) is 22.5 Å². The normalized spacial score (nSPS) is 34.5. The Bertz CT molecular complexity index is 1870. The highest BCUT2D eigenvalue weighted by Gasteiger charge is 2.72. The molecule has 7 heteroatoms. The number of carbonyl (C=O) groups excluding carboxylic acids is 4. The largest absolute Gasteiger partial charge is 0.458 e. The molecule has 1 N–H and O–H groups in total. The number of hydrogen-bond donors (Lipinski definition) is 1. The maximum atomic E-state index is 14.1. The van der Waals surface area contributed by atoms with Gasteiger partial charge in [-0.25, -0.2) is 9.59 Å². The molecule has 298 valence electrons. The molecule has 4 aliphatic carbocycles. The number of carbonyl (C=O) groups is 4. The lowest BCUT2D eigenvalue weighted by atomic mass is 9.35. The van der Waals surface area contributed by atoms with E-state index in [4.69, 9.17) is 9.47 Å². The number of ketones is 2. The Hall–Kier alpha value is -3.58. The minimum absolute atomic E-state index is 0.0355. The van der Waals surface area contributed by atoms with Crippen LogP contribution in [-0.2, 0) is 9.47 Å². The summed E-state index contributed by atoms with van der Waals surface area (Å²) < 4.78 is 13.1. The van der Waals surface area contributed by atoms with E-state index >= 15 is 0 Å². The van der Waals surface area contributed by atoms with Crippen molar-refractivity contribution in [2.75, 3.05) is 0 Å². The minimum Gasteiger partial charge on any atom is -0.458 e. The van der Waals surface area contributed by atoms with Gasteiger partial charge < -0.3 is 14.6 Å². The first-order valence-electron chi connectivity index (χ1n) is 20.7. The first kappa shape index (κ1) is 41.1. The predicted octanol–water partition coefficient (Wildman–Crippen LogP) is 10.6. The third-order valence-corrected chi connectivity index (χ3v) is 15.8. The molecule has 0 bridgehead atoms. The standard InChI is InChI=1S/C48H64O7/c1-29(2)14-13-22-48(10,53)36-19-24-47(9)41(36)37(54-42(51)34-17-11-15-32(26-34)30(3)49)28-39-45(7)23-21-40(44(5,6)38(45)20-25-46(39,47)8)55-43(52)35-18-12-16-33(27-35)31(4)50/h11-12,14-18,26-27,36-41,53H,13,19-25,28H2,1-10H3/t36-,37+,38-,39+,40-,41-,45-,46+,47+,48-/m0/s1. The molecule has 2 aromatic carbocycles. The number of rotatable bonds is 10. The second kappa shape index (κ2) is 14.7. The molecule has 2 aromatic rings. The van der Waals surface area contributed by atoms with E-state index in [2.05, 4.69) is 54.5 Å². The zero-order chi connectivity index (χ0) is 40.3. The number of aliphatic hydroxyl groups is 1. The molecular weight excluding hydrogens is 689 g/mol. The number of Topliss-reactive ketones (excluding diaryl/α,β-unsaturated/α-hetero) is 2. The van der Waals surface area contributed by atoms with Crippen molar-refractivity contribution in [3.8, 4) is 0 Å². The zero-order valence-corrected chi connectivity index (χ0v) is 34.9. The van der Waals surface area contributed by atoms with Crippen molar-refractivity contribution in [3.05, 3.63) is 82.4 Å². The summed E-state index contributed by atoms with van der Waals surface area (Å²) in [6.45, 7) is 21.0. The SMILES string of the molecule is CC(=O)c1cccc(C(=O)O[C@H]2CC[C@]3(C)[C@H]4C[C@@H](OC(=O)c5cccc(C(C)=O)c5)[C@@H]5[C@@H]([C@@](C)(O)CCC=C(C)C)CC[C@@]5(C)[C@]4(C)CC[C@H]3C2(C)C)c1. The molecule has 0 spiro atoms. The lowest BCUT2D eigenvalue weighted by molar-refractivity contribution is -0.246. The van der Waals surface area contributed by atoms with Crippen molar-refractivity contribution in [2.24, 2.45) is 45.3 Å². The van der Waals surface area contributed by atoms with Crippen LogP contribution in [0.5, 0.6) is 0 Å². The summed E-state index contributed by atoms with van der Waals surface area (Å²) in [5.41, 5.74) is 1.32. The average Bonchev–Trinajstić information content (AvgIpc) is 3.50. The van der Waals surface area contributed by atoms with Gasteiger partial charge in [-0.1, -0.05) is 70.5 Å². The van der Waals surface area contributed by atoms with E-state index < -0.39 is 23.6 Å². The fourth-order valence-electron chi connectivity index (χ4n) is 12.7. The smallest absolute Gasteiger partial charge is 0.338 e. The van der Waals surface area contributed by atoms with Crippen LogP contribution >= 0.6 is 0 Å². The van der Waals surface area contributed by atoms with Crippen LogP contribution in [0.4, 0.5) is 0 Å². The summed E-state index contributed by atoms with van der Waals surface area (Å²) >= 11 is 0. The van der Waals surface area contributed by atoms with Gasteiger partial charge in [0.15, 0.2) is 11.6 Å². The number of ether oxygens (including phenoxy) is 2. The molecule has 0 unspecified atom stereocenters. The van der Waals surface area contributed by atoms with Crippen molar-refractivity contribution in [2.45, 2.75) is 145 Å². The van der Waals surface area contributed by atoms with Gasteiger partial charge in [0.05, 0.1) is 16.7 Å². The number of esters is 2. The third-order valence-electron chi connectivity index (χ3n) is 15.8. The van der Waals surface area contributed by atoms with Gasteiger partial charge in [-0.2, -0.15) is 0 Å². The molecule has 4 saturated carbocycles. The molecule has 0 radical (unpaired) electrons. The molecule has 7 nitrogen and oxygen atoms in total. The topological polar surface area (TPSA) is 107 Å². The second-order valence-electron chi connectivity index (χ2n) is 19.5. The Morgan fingerprint density at radius 2 is 1.29 bits per heavy atom. The lowest BCUT2D eigenvalue weighted by Gasteiger charge is -2.70. The Kier molecular flexibility index (Phi) is 11.0. The highest BCUT2D eigenvalue weighted by molar-refractivity contribution is 5.98. The van der Waals surface area contributed by atoms with Gasteiger partial charge in [-0.15, -0.1) is 0 Å². The summed E-state index contributed by atoms with van der Waals surface area (Å²) in [4.78, 5) is 52.0. The van der Waals surface area contributed by atoms with E-state index in [1.165, 1.54) is 19.4 Å². The van der Waals surface area contributed by atoms with Gasteiger partial charge in [-0.05, 0) is 151 Å². The average molecular weight is 753 g/mol. The molecule has 0 aliphatic heterocycles. The summed E-state index contributed by atoms with van der Waals surface area (Å²) in [6.07, 6.45) is 9.03. The second-order valence-corrected chi connectivity index (χ2v) is 19.5. The molecular formula is C48H64O7. The number of hydrogen-bond acceptors (Lipinski definition) is 7. The van der Waals surface area contributed by atoms with Crippen LogP contribution < -0.4 is 0 Å². The summed E-state index contributed by atoms with van der Waals surface area (Å²) in [6, 6.07) is 13.6. The molecule has 55 heavy (non-hydrogen) atoms. The van der Waals surface area contributed by atoms with Crippen LogP contribution in [0.1, 0.15) is 168 Å². The van der Waals surface area contributed by atoms with E-state index in [1.807, 2.05) is 6.92 Å². The fourth-order valence-corrected chi connectivity index (χ4v) is 12.7. The molecule has 6 rings (SSSR count). The molecule has 4 fully saturated rings. The van der Waals surface area contributed by atoms with E-state index in [0.717, 1.165) is 44.9 Å². The van der Waals surface area contributed by atoms with Crippen molar-refractivity contribution in [1.29, 1.82) is 0 Å². The van der Waals surface area contributed by atoms with E-state index in [9.17, 15) is 24.3 Å². The predicted molar refractivity (Wildman–Crippen MR) is 215 cm³/mol. The van der Waals surface area contributed by atoms with Crippen LogP contribution in [0.15, 0.2) is 60.2 Å². The molecule has 0 amide bonds. The fraction of sp³-hybridized carbons (Fsp3) is 0.625. The van der Waals surface area contributed by atoms with Crippen LogP contribution in [-0.4, -0.2) is 46.4 Å². The Labute approximate surface area is 329 Å². The van der Waals surface area contributed by atoms with Gasteiger partial charge in [-0.3, -0.25) is 9.59 Å². The molecule has 0 aromatic heterocycles. The van der Waals surface area contributed by atoms with Crippen LogP contribution in [0.2, 0.25) is 0 Å². The maximum absolute atomic E-state index is 14.1. The Balaban J connectivity index is 1.34. The van der Waals surface area contributed by atoms with Gasteiger partial charge in [0.1, 0.15) is 12.2 Å². The number of benzene rings is 2. The summed E-state index contributed by atoms with van der Waals surface area (Å²) in [5, 5.41) is 12.3. The lowest BCUT2D eigenvalue weighted by Crippen LogP contribution is -2.67. The van der Waals surface area contributed by atoms with Crippen LogP contribution in [0, 0.1) is 45.3 Å². The number of allylic oxidation sites excluding steroid dienone is 2. The maximum Gasteiger partial charge on any atom is 0.338 e.